The van der Waals surface area contributed by atoms with E-state index in [-0.39, 0.29) is 11.8 Å². The molecule has 1 aliphatic rings. The van der Waals surface area contributed by atoms with Crippen molar-refractivity contribution in [1.29, 1.82) is 0 Å². The van der Waals surface area contributed by atoms with Crippen molar-refractivity contribution in [2.75, 3.05) is 6.61 Å². The summed E-state index contributed by atoms with van der Waals surface area (Å²) in [6.07, 6.45) is 3.09. The van der Waals surface area contributed by atoms with E-state index in [0.717, 1.165) is 47.7 Å². The van der Waals surface area contributed by atoms with Gasteiger partial charge in [0.25, 0.3) is 5.56 Å². The van der Waals surface area contributed by atoms with E-state index >= 15 is 0 Å². The SMILES string of the molecule is O=c1[nH]c2cccc(COC3CCCCO3)c2c2ccccc12. The fourth-order valence-electron chi connectivity index (χ4n) is 3.26. The number of benzene rings is 2. The molecule has 118 valence electrons. The van der Waals surface area contributed by atoms with Crippen molar-refractivity contribution in [2.45, 2.75) is 32.2 Å². The number of aromatic amines is 1. The zero-order chi connectivity index (χ0) is 15.6. The van der Waals surface area contributed by atoms with Crippen molar-refractivity contribution in [3.05, 3.63) is 58.4 Å². The Morgan fingerprint density at radius 1 is 1.09 bits per heavy atom. The van der Waals surface area contributed by atoms with Gasteiger partial charge in [-0.3, -0.25) is 4.79 Å². The molecular formula is C19H19NO3. The summed E-state index contributed by atoms with van der Waals surface area (Å²) in [6, 6.07) is 13.6. The van der Waals surface area contributed by atoms with E-state index in [1.807, 2.05) is 36.4 Å². The Labute approximate surface area is 134 Å². The molecule has 1 aliphatic heterocycles. The number of pyridine rings is 1. The molecular weight excluding hydrogens is 290 g/mol. The lowest BCUT2D eigenvalue weighted by atomic mass is 10.0. The molecule has 1 atom stereocenters. The molecule has 0 saturated carbocycles. The minimum atomic E-state index is -0.118. The summed E-state index contributed by atoms with van der Waals surface area (Å²) in [5, 5.41) is 2.73. The Kier molecular flexibility index (Phi) is 3.85. The van der Waals surface area contributed by atoms with Crippen LogP contribution >= 0.6 is 0 Å². The maximum Gasteiger partial charge on any atom is 0.256 e. The van der Waals surface area contributed by atoms with Crippen LogP contribution in [-0.2, 0) is 16.1 Å². The summed E-state index contributed by atoms with van der Waals surface area (Å²) in [4.78, 5) is 15.2. The van der Waals surface area contributed by atoms with Crippen LogP contribution in [0.1, 0.15) is 24.8 Å². The highest BCUT2D eigenvalue weighted by atomic mass is 16.7. The first-order chi connectivity index (χ1) is 11.3. The molecule has 4 heteroatoms. The van der Waals surface area contributed by atoms with Crippen molar-refractivity contribution in [3.8, 4) is 0 Å². The molecule has 4 rings (SSSR count). The fraction of sp³-hybridized carbons (Fsp3) is 0.316. The number of H-pyrrole nitrogens is 1. The molecule has 0 bridgehead atoms. The third kappa shape index (κ3) is 2.76. The Morgan fingerprint density at radius 3 is 2.78 bits per heavy atom. The van der Waals surface area contributed by atoms with E-state index in [1.165, 1.54) is 0 Å². The van der Waals surface area contributed by atoms with Crippen molar-refractivity contribution in [1.82, 2.24) is 4.98 Å². The number of hydrogen-bond donors (Lipinski definition) is 1. The maximum absolute atomic E-state index is 12.2. The van der Waals surface area contributed by atoms with Gasteiger partial charge in [0, 0.05) is 22.9 Å². The van der Waals surface area contributed by atoms with Gasteiger partial charge in [-0.1, -0.05) is 30.3 Å². The van der Waals surface area contributed by atoms with Crippen molar-refractivity contribution >= 4 is 21.7 Å². The van der Waals surface area contributed by atoms with Crippen molar-refractivity contribution < 1.29 is 9.47 Å². The first-order valence-corrected chi connectivity index (χ1v) is 8.09. The number of rotatable bonds is 3. The van der Waals surface area contributed by atoms with Crippen LogP contribution in [0.15, 0.2) is 47.3 Å². The molecule has 2 aromatic carbocycles. The van der Waals surface area contributed by atoms with Gasteiger partial charge >= 0.3 is 0 Å². The van der Waals surface area contributed by atoms with E-state index in [9.17, 15) is 4.79 Å². The lowest BCUT2D eigenvalue weighted by Crippen LogP contribution is -2.22. The highest BCUT2D eigenvalue weighted by Gasteiger charge is 2.15. The highest BCUT2D eigenvalue weighted by molar-refractivity contribution is 6.06. The van der Waals surface area contributed by atoms with Crippen molar-refractivity contribution in [2.24, 2.45) is 0 Å². The zero-order valence-corrected chi connectivity index (χ0v) is 12.9. The second-order valence-corrected chi connectivity index (χ2v) is 5.95. The van der Waals surface area contributed by atoms with Gasteiger partial charge in [-0.15, -0.1) is 0 Å². The summed E-state index contributed by atoms with van der Waals surface area (Å²) < 4.78 is 11.6. The fourth-order valence-corrected chi connectivity index (χ4v) is 3.26. The standard InChI is InChI=1S/C19H19NO3/c21-19-15-8-2-1-7-14(15)18-13(6-5-9-16(18)20-19)12-23-17-10-3-4-11-22-17/h1-2,5-9,17H,3-4,10-12H2,(H,20,21). The maximum atomic E-state index is 12.2. The van der Waals surface area contributed by atoms with Crippen LogP contribution in [0.25, 0.3) is 21.7 Å². The zero-order valence-electron chi connectivity index (χ0n) is 12.9. The average molecular weight is 309 g/mol. The summed E-state index contributed by atoms with van der Waals surface area (Å²) in [6.45, 7) is 1.26. The quantitative estimate of drug-likeness (QED) is 0.750. The van der Waals surface area contributed by atoms with Gasteiger partial charge < -0.3 is 14.5 Å². The van der Waals surface area contributed by atoms with E-state index in [4.69, 9.17) is 9.47 Å². The van der Waals surface area contributed by atoms with Gasteiger partial charge in [0.2, 0.25) is 0 Å². The molecule has 1 N–H and O–H groups in total. The largest absolute Gasteiger partial charge is 0.353 e. The Hall–Kier alpha value is -2.17. The van der Waals surface area contributed by atoms with Crippen LogP contribution in [0.5, 0.6) is 0 Å². The molecule has 1 aromatic heterocycles. The smallest absolute Gasteiger partial charge is 0.256 e. The van der Waals surface area contributed by atoms with Gasteiger partial charge in [0.05, 0.1) is 6.61 Å². The molecule has 0 spiro atoms. The second kappa shape index (κ2) is 6.14. The molecule has 23 heavy (non-hydrogen) atoms. The molecule has 0 radical (unpaired) electrons. The third-order valence-electron chi connectivity index (χ3n) is 4.40. The number of ether oxygens (including phenoxy) is 2. The number of fused-ring (bicyclic) bond motifs is 3. The predicted molar refractivity (Wildman–Crippen MR) is 90.5 cm³/mol. The minimum absolute atomic E-state index is 0.0539. The monoisotopic (exact) mass is 309 g/mol. The molecule has 1 unspecified atom stereocenters. The van der Waals surface area contributed by atoms with Crippen LogP contribution in [0.3, 0.4) is 0 Å². The molecule has 0 aliphatic carbocycles. The van der Waals surface area contributed by atoms with Gasteiger partial charge in [-0.25, -0.2) is 0 Å². The molecule has 0 amide bonds. The third-order valence-corrected chi connectivity index (χ3v) is 4.40. The van der Waals surface area contributed by atoms with E-state index < -0.39 is 0 Å². The Bertz CT molecular complexity index is 894. The van der Waals surface area contributed by atoms with Crippen molar-refractivity contribution in [3.63, 3.8) is 0 Å². The normalized spacial score (nSPS) is 18.5. The first-order valence-electron chi connectivity index (χ1n) is 8.09. The Morgan fingerprint density at radius 2 is 1.96 bits per heavy atom. The average Bonchev–Trinajstić information content (AvgIpc) is 2.61. The molecule has 2 heterocycles. The minimum Gasteiger partial charge on any atom is -0.353 e. The number of nitrogens with one attached hydrogen (secondary N) is 1. The van der Waals surface area contributed by atoms with Crippen LogP contribution in [0.4, 0.5) is 0 Å². The summed E-state index contributed by atoms with van der Waals surface area (Å²) in [5.41, 5.74) is 1.87. The van der Waals surface area contributed by atoms with Crippen LogP contribution in [0, 0.1) is 0 Å². The lowest BCUT2D eigenvalue weighted by Gasteiger charge is -2.23. The highest BCUT2D eigenvalue weighted by Crippen LogP contribution is 2.26. The number of aromatic nitrogens is 1. The van der Waals surface area contributed by atoms with E-state index in [2.05, 4.69) is 11.1 Å². The molecule has 3 aromatic rings. The van der Waals surface area contributed by atoms with E-state index in [1.54, 1.807) is 0 Å². The lowest BCUT2D eigenvalue weighted by molar-refractivity contribution is -0.168. The van der Waals surface area contributed by atoms with Crippen LogP contribution < -0.4 is 5.56 Å². The molecule has 4 nitrogen and oxygen atoms in total. The number of hydrogen-bond acceptors (Lipinski definition) is 3. The second-order valence-electron chi connectivity index (χ2n) is 5.95. The topological polar surface area (TPSA) is 51.3 Å². The van der Waals surface area contributed by atoms with Gasteiger partial charge in [0.1, 0.15) is 0 Å². The van der Waals surface area contributed by atoms with Crippen LogP contribution in [-0.4, -0.2) is 17.9 Å². The van der Waals surface area contributed by atoms with E-state index in [0.29, 0.717) is 12.0 Å². The summed E-state index contributed by atoms with van der Waals surface area (Å²) in [7, 11) is 0. The van der Waals surface area contributed by atoms with Gasteiger partial charge in [0.15, 0.2) is 6.29 Å². The van der Waals surface area contributed by atoms with Gasteiger partial charge in [-0.05, 0) is 42.3 Å². The Balaban J connectivity index is 1.77. The first kappa shape index (κ1) is 14.4. The predicted octanol–water partition coefficient (Wildman–Crippen LogP) is 3.72. The summed E-state index contributed by atoms with van der Waals surface area (Å²) >= 11 is 0. The molecule has 1 saturated heterocycles. The van der Waals surface area contributed by atoms with Gasteiger partial charge in [-0.2, -0.15) is 0 Å². The van der Waals surface area contributed by atoms with Crippen LogP contribution in [0.2, 0.25) is 0 Å². The summed E-state index contributed by atoms with van der Waals surface area (Å²) in [5.74, 6) is 0. The molecule has 1 fully saturated rings.